The van der Waals surface area contributed by atoms with Crippen LogP contribution >= 0.6 is 46.9 Å². The zero-order valence-electron chi connectivity index (χ0n) is 37.8. The number of halogens is 1. The maximum absolute atomic E-state index is 15.3. The maximum Gasteiger partial charge on any atom is 0.267 e. The smallest absolute Gasteiger partial charge is 0.267 e. The monoisotopic (exact) mass is 975 g/mol. The van der Waals surface area contributed by atoms with Crippen LogP contribution in [0.4, 0.5) is 5.69 Å². The third-order valence-electron chi connectivity index (χ3n) is 13.0. The van der Waals surface area contributed by atoms with E-state index in [2.05, 4.69) is 20.8 Å². The highest BCUT2D eigenvalue weighted by Gasteiger charge is 2.45. The molecule has 4 amide bonds. The number of unbranched alkanes of at least 4 members (excludes halogenated alkanes) is 3. The largest absolute Gasteiger partial charge is 0.293 e. The van der Waals surface area contributed by atoms with E-state index in [4.69, 9.17) is 16.6 Å². The Morgan fingerprint density at radius 3 is 1.69 bits per heavy atom. The molecule has 2 aliphatic heterocycles. The fourth-order valence-corrected chi connectivity index (χ4v) is 14.1. The number of anilines is 1. The molecule has 0 saturated heterocycles. The van der Waals surface area contributed by atoms with Crippen molar-refractivity contribution in [2.75, 3.05) is 22.2 Å². The topological polar surface area (TPSA) is 122 Å². The third kappa shape index (κ3) is 7.64. The molecular formula is C55H46ClN3O6S3. The minimum Gasteiger partial charge on any atom is -0.293 e. The van der Waals surface area contributed by atoms with Crippen molar-refractivity contribution in [3.05, 3.63) is 147 Å². The average Bonchev–Trinajstić information content (AvgIpc) is 3.75. The summed E-state index contributed by atoms with van der Waals surface area (Å²) >= 11 is 12.2. The number of carbonyl (C=O) groups excluding carboxylic acids is 6. The van der Waals surface area contributed by atoms with Crippen LogP contribution in [0.1, 0.15) is 139 Å². The highest BCUT2D eigenvalue weighted by atomic mass is 35.5. The fourth-order valence-electron chi connectivity index (χ4n) is 9.44. The van der Waals surface area contributed by atoms with Gasteiger partial charge in [-0.3, -0.25) is 33.7 Å². The summed E-state index contributed by atoms with van der Waals surface area (Å²) in [7, 11) is 0. The van der Waals surface area contributed by atoms with E-state index in [1.807, 2.05) is 36.4 Å². The van der Waals surface area contributed by atoms with Gasteiger partial charge in [-0.2, -0.15) is 0 Å². The van der Waals surface area contributed by atoms with Crippen molar-refractivity contribution in [3.63, 3.8) is 0 Å². The second kappa shape index (κ2) is 19.0. The van der Waals surface area contributed by atoms with E-state index in [1.54, 1.807) is 95.9 Å². The van der Waals surface area contributed by atoms with Crippen LogP contribution in [-0.4, -0.2) is 62.3 Å². The minimum atomic E-state index is -1.28. The van der Waals surface area contributed by atoms with Crippen LogP contribution in [-0.2, 0) is 6.54 Å². The number of fused-ring (bicyclic) bond motifs is 4. The molecule has 13 heteroatoms. The normalized spacial score (nSPS) is 14.7. The second-order valence-electron chi connectivity index (χ2n) is 17.3. The first-order chi connectivity index (χ1) is 33.1. The van der Waals surface area contributed by atoms with E-state index >= 15 is 9.59 Å². The molecule has 3 aliphatic rings. The number of amides is 4. The number of hydrogen-bond acceptors (Lipinski definition) is 10. The van der Waals surface area contributed by atoms with E-state index in [9.17, 15) is 19.2 Å². The number of pyridine rings is 1. The molecule has 342 valence electrons. The minimum absolute atomic E-state index is 0.130. The first kappa shape index (κ1) is 46.0. The molecule has 0 N–H and O–H groups in total. The highest BCUT2D eigenvalue weighted by Crippen LogP contribution is 2.51. The van der Waals surface area contributed by atoms with Crippen LogP contribution in [0.25, 0.3) is 32.4 Å². The van der Waals surface area contributed by atoms with Crippen molar-refractivity contribution in [2.45, 2.75) is 86.4 Å². The summed E-state index contributed by atoms with van der Waals surface area (Å²) in [5.41, 5.74) is 2.74. The maximum atomic E-state index is 15.3. The molecule has 10 rings (SSSR count). The van der Waals surface area contributed by atoms with Gasteiger partial charge >= 0.3 is 0 Å². The summed E-state index contributed by atoms with van der Waals surface area (Å²) in [6, 6.07) is 28.4. The van der Waals surface area contributed by atoms with Crippen LogP contribution in [0.3, 0.4) is 0 Å². The van der Waals surface area contributed by atoms with E-state index in [0.29, 0.717) is 38.6 Å². The van der Waals surface area contributed by atoms with Crippen molar-refractivity contribution >= 4 is 120 Å². The molecule has 9 nitrogen and oxygen atoms in total. The van der Waals surface area contributed by atoms with Gasteiger partial charge in [-0.15, -0.1) is 35.3 Å². The quantitative estimate of drug-likeness (QED) is 0.0400. The Labute approximate surface area is 411 Å². The van der Waals surface area contributed by atoms with Crippen LogP contribution in [0.2, 0.25) is 5.02 Å². The van der Waals surface area contributed by atoms with Crippen LogP contribution in [0.15, 0.2) is 112 Å². The lowest BCUT2D eigenvalue weighted by Gasteiger charge is -2.28. The third-order valence-corrected chi connectivity index (χ3v) is 17.3. The number of ketones is 2. The zero-order valence-corrected chi connectivity index (χ0v) is 41.0. The molecule has 6 aromatic carbocycles. The molecule has 68 heavy (non-hydrogen) atoms. The van der Waals surface area contributed by atoms with Gasteiger partial charge in [0.15, 0.2) is 11.6 Å². The summed E-state index contributed by atoms with van der Waals surface area (Å²) in [5.74, 6) is -1.81. The second-order valence-corrected chi connectivity index (χ2v) is 21.0. The predicted octanol–water partition coefficient (Wildman–Crippen LogP) is 13.6. The Balaban J connectivity index is 1.13. The predicted molar refractivity (Wildman–Crippen MR) is 275 cm³/mol. The lowest BCUT2D eigenvalue weighted by atomic mass is 9.93. The molecule has 0 fully saturated rings. The number of carbonyl (C=O) groups is 6. The first-order valence-electron chi connectivity index (χ1n) is 23.2. The van der Waals surface area contributed by atoms with Gasteiger partial charge in [0.25, 0.3) is 23.6 Å². The van der Waals surface area contributed by atoms with Crippen molar-refractivity contribution in [1.29, 1.82) is 0 Å². The fraction of sp³-hybridized carbons (Fsp3) is 0.255. The van der Waals surface area contributed by atoms with E-state index in [0.717, 1.165) is 91.5 Å². The van der Waals surface area contributed by atoms with Crippen molar-refractivity contribution in [3.8, 4) is 0 Å². The summed E-state index contributed by atoms with van der Waals surface area (Å²) in [4.78, 5) is 97.4. The number of imide groups is 2. The Morgan fingerprint density at radius 2 is 1.10 bits per heavy atom. The molecule has 0 unspecified atom stereocenters. The van der Waals surface area contributed by atoms with E-state index in [-0.39, 0.29) is 39.6 Å². The molecular weight excluding hydrogens is 930 g/mol. The van der Waals surface area contributed by atoms with Gasteiger partial charge < -0.3 is 0 Å². The molecule has 3 heterocycles. The van der Waals surface area contributed by atoms with Gasteiger partial charge in [-0.25, -0.2) is 9.88 Å². The molecule has 0 spiro atoms. The number of benzene rings is 6. The van der Waals surface area contributed by atoms with Gasteiger partial charge in [0.05, 0.1) is 39.6 Å². The van der Waals surface area contributed by atoms with Gasteiger partial charge in [-0.1, -0.05) is 112 Å². The van der Waals surface area contributed by atoms with Crippen molar-refractivity contribution in [2.24, 2.45) is 0 Å². The highest BCUT2D eigenvalue weighted by molar-refractivity contribution is 8.04. The van der Waals surface area contributed by atoms with Crippen molar-refractivity contribution < 1.29 is 28.8 Å². The summed E-state index contributed by atoms with van der Waals surface area (Å²) in [5, 5.41) is 3.70. The Bertz CT molecular complexity index is 3230. The Morgan fingerprint density at radius 1 is 0.559 bits per heavy atom. The Kier molecular flexibility index (Phi) is 12.8. The molecule has 1 aliphatic carbocycles. The number of Topliss-reactive ketones (excluding diaryl/α,β-unsaturated/α-hetero) is 2. The molecule has 0 radical (unpaired) electrons. The van der Waals surface area contributed by atoms with Gasteiger partial charge in [0.1, 0.15) is 5.92 Å². The van der Waals surface area contributed by atoms with E-state index < -0.39 is 41.1 Å². The number of nitrogens with zero attached hydrogens (tertiary/aromatic N) is 3. The van der Waals surface area contributed by atoms with Gasteiger partial charge in [0, 0.05) is 47.7 Å². The number of aromatic nitrogens is 1. The molecule has 7 aromatic rings. The summed E-state index contributed by atoms with van der Waals surface area (Å²) in [6.45, 7) is 6.22. The standard InChI is InChI=1S/C55H46ClN3O6S3/c1-4-7-24-66-49-44-43(45(56)50(67-25-8-5-2)51(49)68-26-9-6-3)54(64)59(55(44)65)40-23-20-33(29-58-52(62)35-18-12-16-30-17-13-19-36(41(30)35)53(58)63)34-21-22-39(57-46(34)40)42-47(60)37-27-31-14-10-11-15-32(31)28-38(37)48(42)61/h10-23,27-28,42H,4-9,24-26,29H2,1-3H3. The van der Waals surface area contributed by atoms with Crippen LogP contribution < -0.4 is 4.90 Å². The SMILES string of the molecule is CCCCSc1c(Cl)c2c(c(SCCCC)c1SCCCC)C(=O)N(c1ccc(CN3C(=O)c4cccc5cccc(c45)C3=O)c3ccc(C4C(=O)c5cc6ccccc6cc5C4=O)nc13)C2=O. The zero-order chi connectivity index (χ0) is 47.4. The van der Waals surface area contributed by atoms with Crippen LogP contribution in [0, 0.1) is 0 Å². The molecule has 0 saturated carbocycles. The molecule has 1 aromatic heterocycles. The number of hydrogen-bond donors (Lipinski definition) is 0. The summed E-state index contributed by atoms with van der Waals surface area (Å²) in [6.07, 6.45) is 5.76. The number of rotatable bonds is 16. The molecule has 0 atom stereocenters. The summed E-state index contributed by atoms with van der Waals surface area (Å²) < 4.78 is 0. The lowest BCUT2D eigenvalue weighted by Crippen LogP contribution is -2.39. The number of thioether (sulfide) groups is 3. The average molecular weight is 977 g/mol. The first-order valence-corrected chi connectivity index (χ1v) is 26.5. The van der Waals surface area contributed by atoms with Gasteiger partial charge in [-0.05, 0) is 94.6 Å². The van der Waals surface area contributed by atoms with Gasteiger partial charge in [0.2, 0.25) is 0 Å². The van der Waals surface area contributed by atoms with Crippen molar-refractivity contribution in [1.82, 2.24) is 9.88 Å². The lowest BCUT2D eigenvalue weighted by molar-refractivity contribution is 0.0597. The molecule has 0 bridgehead atoms. The van der Waals surface area contributed by atoms with E-state index in [1.165, 1.54) is 4.90 Å². The Hall–Kier alpha value is -5.79. The van der Waals surface area contributed by atoms with Crippen LogP contribution in [0.5, 0.6) is 0 Å².